The molecule has 1 aromatic heterocycles. The summed E-state index contributed by atoms with van der Waals surface area (Å²) < 4.78 is 0. The standard InChI is InChI=1S/C20H35NO/c1-3-5-7-9-11-12-14-18-16-21-17-19(18)20(22)15-13-10-8-6-4-2/h16-17,21H,3-15H2,1-2H3. The van der Waals surface area contributed by atoms with Gasteiger partial charge in [0.05, 0.1) is 0 Å². The Balaban J connectivity index is 2.24. The third-order valence-electron chi connectivity index (χ3n) is 4.44. The number of Topliss-reactive ketones (excluding diaryl/α,β-unsaturated/α-hetero) is 1. The fraction of sp³-hybridized carbons (Fsp3) is 0.750. The van der Waals surface area contributed by atoms with E-state index in [2.05, 4.69) is 18.8 Å². The van der Waals surface area contributed by atoms with Crippen LogP contribution in [0, 0.1) is 0 Å². The molecule has 1 aromatic rings. The van der Waals surface area contributed by atoms with Crippen LogP contribution in [0.4, 0.5) is 0 Å². The number of carbonyl (C=O) groups excluding carboxylic acids is 1. The van der Waals surface area contributed by atoms with Crippen molar-refractivity contribution in [2.24, 2.45) is 0 Å². The predicted molar refractivity (Wildman–Crippen MR) is 95.6 cm³/mol. The minimum absolute atomic E-state index is 0.332. The van der Waals surface area contributed by atoms with Crippen LogP contribution in [0.5, 0.6) is 0 Å². The molecular weight excluding hydrogens is 270 g/mol. The van der Waals surface area contributed by atoms with Gasteiger partial charge in [-0.1, -0.05) is 71.6 Å². The van der Waals surface area contributed by atoms with Crippen LogP contribution in [0.15, 0.2) is 12.4 Å². The predicted octanol–water partition coefficient (Wildman–Crippen LogP) is 6.46. The van der Waals surface area contributed by atoms with E-state index in [9.17, 15) is 4.79 Å². The van der Waals surface area contributed by atoms with Crippen molar-refractivity contribution >= 4 is 5.78 Å². The fourth-order valence-corrected chi connectivity index (χ4v) is 2.98. The number of rotatable bonds is 14. The van der Waals surface area contributed by atoms with Gasteiger partial charge in [-0.3, -0.25) is 4.79 Å². The second-order valence-electron chi connectivity index (χ2n) is 6.50. The number of aromatic nitrogens is 1. The van der Waals surface area contributed by atoms with Gasteiger partial charge in [0, 0.05) is 24.4 Å². The van der Waals surface area contributed by atoms with E-state index in [0.29, 0.717) is 12.2 Å². The van der Waals surface area contributed by atoms with E-state index >= 15 is 0 Å². The lowest BCUT2D eigenvalue weighted by molar-refractivity contribution is 0.0978. The molecule has 0 spiro atoms. The third kappa shape index (κ3) is 7.82. The second kappa shape index (κ2) is 12.5. The first-order chi connectivity index (χ1) is 10.8. The molecule has 0 aliphatic heterocycles. The Bertz CT molecular complexity index is 394. The molecule has 126 valence electrons. The van der Waals surface area contributed by atoms with Gasteiger partial charge in [-0.05, 0) is 24.8 Å². The van der Waals surface area contributed by atoms with Crippen molar-refractivity contribution in [2.75, 3.05) is 0 Å². The Morgan fingerprint density at radius 1 is 0.818 bits per heavy atom. The normalized spacial score (nSPS) is 11.0. The summed E-state index contributed by atoms with van der Waals surface area (Å²) in [5.41, 5.74) is 2.18. The van der Waals surface area contributed by atoms with Crippen molar-refractivity contribution in [1.29, 1.82) is 0 Å². The molecule has 0 unspecified atom stereocenters. The zero-order valence-corrected chi connectivity index (χ0v) is 14.8. The summed E-state index contributed by atoms with van der Waals surface area (Å²) in [6.45, 7) is 4.47. The molecule has 0 fully saturated rings. The number of carbonyl (C=O) groups is 1. The van der Waals surface area contributed by atoms with Crippen LogP contribution in [0.2, 0.25) is 0 Å². The molecule has 0 amide bonds. The minimum atomic E-state index is 0.332. The van der Waals surface area contributed by atoms with Gasteiger partial charge in [0.2, 0.25) is 0 Å². The number of hydrogen-bond acceptors (Lipinski definition) is 1. The summed E-state index contributed by atoms with van der Waals surface area (Å²) in [6, 6.07) is 0. The molecule has 0 aromatic carbocycles. The molecule has 2 heteroatoms. The third-order valence-corrected chi connectivity index (χ3v) is 4.44. The molecule has 1 heterocycles. The topological polar surface area (TPSA) is 32.9 Å². The van der Waals surface area contributed by atoms with E-state index in [4.69, 9.17) is 0 Å². The lowest BCUT2D eigenvalue weighted by Gasteiger charge is -2.04. The smallest absolute Gasteiger partial charge is 0.164 e. The van der Waals surface area contributed by atoms with Crippen LogP contribution < -0.4 is 0 Å². The fourth-order valence-electron chi connectivity index (χ4n) is 2.98. The summed E-state index contributed by atoms with van der Waals surface area (Å²) in [4.78, 5) is 15.4. The number of ketones is 1. The first kappa shape index (κ1) is 19.0. The molecule has 1 rings (SSSR count). The Morgan fingerprint density at radius 3 is 2.09 bits per heavy atom. The number of nitrogens with one attached hydrogen (secondary N) is 1. The highest BCUT2D eigenvalue weighted by Crippen LogP contribution is 2.17. The van der Waals surface area contributed by atoms with Crippen molar-refractivity contribution in [2.45, 2.75) is 97.3 Å². The average Bonchev–Trinajstić information content (AvgIpc) is 2.99. The van der Waals surface area contributed by atoms with Crippen molar-refractivity contribution in [3.63, 3.8) is 0 Å². The largest absolute Gasteiger partial charge is 0.367 e. The van der Waals surface area contributed by atoms with Crippen LogP contribution in [0.1, 0.15) is 107 Å². The summed E-state index contributed by atoms with van der Waals surface area (Å²) in [6.07, 6.45) is 19.6. The number of unbranched alkanes of at least 4 members (excludes halogenated alkanes) is 9. The average molecular weight is 306 g/mol. The Hall–Kier alpha value is -1.05. The van der Waals surface area contributed by atoms with Gasteiger partial charge in [-0.25, -0.2) is 0 Å². The van der Waals surface area contributed by atoms with Crippen LogP contribution in [0.25, 0.3) is 0 Å². The molecule has 0 saturated carbocycles. The monoisotopic (exact) mass is 305 g/mol. The molecule has 0 aliphatic rings. The number of hydrogen-bond donors (Lipinski definition) is 1. The van der Waals surface area contributed by atoms with E-state index in [-0.39, 0.29) is 0 Å². The number of aromatic amines is 1. The van der Waals surface area contributed by atoms with Gasteiger partial charge in [0.25, 0.3) is 0 Å². The quantitative estimate of drug-likeness (QED) is 0.310. The van der Waals surface area contributed by atoms with Crippen LogP contribution in [-0.2, 0) is 6.42 Å². The molecular formula is C20H35NO. The van der Waals surface area contributed by atoms with E-state index < -0.39 is 0 Å². The summed E-state index contributed by atoms with van der Waals surface area (Å²) in [5, 5.41) is 0. The van der Waals surface area contributed by atoms with Gasteiger partial charge < -0.3 is 4.98 Å². The first-order valence-electron chi connectivity index (χ1n) is 9.48. The highest BCUT2D eigenvalue weighted by Gasteiger charge is 2.11. The maximum Gasteiger partial charge on any atom is 0.164 e. The van der Waals surface area contributed by atoms with Gasteiger partial charge in [0.1, 0.15) is 0 Å². The highest BCUT2D eigenvalue weighted by molar-refractivity contribution is 5.97. The van der Waals surface area contributed by atoms with E-state index in [1.807, 2.05) is 12.4 Å². The lowest BCUT2D eigenvalue weighted by atomic mass is 9.99. The van der Waals surface area contributed by atoms with Crippen molar-refractivity contribution in [1.82, 2.24) is 4.98 Å². The molecule has 22 heavy (non-hydrogen) atoms. The molecule has 0 bridgehead atoms. The SMILES string of the molecule is CCCCCCCCc1c[nH]cc1C(=O)CCCCCCC. The molecule has 1 N–H and O–H groups in total. The van der Waals surface area contributed by atoms with E-state index in [1.165, 1.54) is 69.8 Å². The van der Waals surface area contributed by atoms with Crippen LogP contribution >= 0.6 is 0 Å². The maximum absolute atomic E-state index is 12.3. The second-order valence-corrected chi connectivity index (χ2v) is 6.50. The Labute approximate surface area is 137 Å². The summed E-state index contributed by atoms with van der Waals surface area (Å²) in [7, 11) is 0. The van der Waals surface area contributed by atoms with Gasteiger partial charge in [-0.2, -0.15) is 0 Å². The van der Waals surface area contributed by atoms with Crippen molar-refractivity contribution in [3.05, 3.63) is 23.5 Å². The van der Waals surface area contributed by atoms with Crippen molar-refractivity contribution in [3.8, 4) is 0 Å². The highest BCUT2D eigenvalue weighted by atomic mass is 16.1. The molecule has 2 nitrogen and oxygen atoms in total. The Morgan fingerprint density at radius 2 is 1.41 bits per heavy atom. The van der Waals surface area contributed by atoms with Gasteiger partial charge in [-0.15, -0.1) is 0 Å². The number of aryl methyl sites for hydroxylation is 1. The summed E-state index contributed by atoms with van der Waals surface area (Å²) >= 11 is 0. The van der Waals surface area contributed by atoms with E-state index in [0.717, 1.165) is 18.4 Å². The van der Waals surface area contributed by atoms with E-state index in [1.54, 1.807) is 0 Å². The zero-order chi connectivity index (χ0) is 16.0. The van der Waals surface area contributed by atoms with Crippen LogP contribution in [-0.4, -0.2) is 10.8 Å². The zero-order valence-electron chi connectivity index (χ0n) is 14.8. The lowest BCUT2D eigenvalue weighted by Crippen LogP contribution is -2.01. The van der Waals surface area contributed by atoms with Gasteiger partial charge in [0.15, 0.2) is 5.78 Å². The summed E-state index contributed by atoms with van der Waals surface area (Å²) in [5.74, 6) is 0.332. The first-order valence-corrected chi connectivity index (χ1v) is 9.48. The molecule has 0 radical (unpaired) electrons. The molecule has 0 aliphatic carbocycles. The van der Waals surface area contributed by atoms with Crippen LogP contribution in [0.3, 0.4) is 0 Å². The minimum Gasteiger partial charge on any atom is -0.367 e. The maximum atomic E-state index is 12.3. The molecule has 0 saturated heterocycles. The number of H-pyrrole nitrogens is 1. The molecule has 0 atom stereocenters. The Kier molecular flexibility index (Phi) is 10.8. The van der Waals surface area contributed by atoms with Crippen molar-refractivity contribution < 1.29 is 4.79 Å². The van der Waals surface area contributed by atoms with Gasteiger partial charge >= 0.3 is 0 Å².